The van der Waals surface area contributed by atoms with Crippen molar-refractivity contribution in [2.24, 2.45) is 0 Å². The van der Waals surface area contributed by atoms with E-state index in [2.05, 4.69) is 10.1 Å². The highest BCUT2D eigenvalue weighted by Gasteiger charge is 2.35. The SMILES string of the molecule is Cc1nn(-c2ccccc2)c2nc3c(c(-c4ccccc4F)c12)S(=O)(=O)CC3. The van der Waals surface area contributed by atoms with Gasteiger partial charge in [-0.1, -0.05) is 36.4 Å². The molecule has 0 N–H and O–H groups in total. The van der Waals surface area contributed by atoms with Crippen LogP contribution in [-0.2, 0) is 16.3 Å². The summed E-state index contributed by atoms with van der Waals surface area (Å²) in [6.07, 6.45) is 0.314. The molecular weight excluding hydrogens is 377 g/mol. The lowest BCUT2D eigenvalue weighted by Gasteiger charge is -2.12. The molecule has 2 aromatic carbocycles. The van der Waals surface area contributed by atoms with Crippen molar-refractivity contribution >= 4 is 20.9 Å². The number of aromatic nitrogens is 3. The average Bonchev–Trinajstić information content (AvgIpc) is 3.18. The van der Waals surface area contributed by atoms with Gasteiger partial charge in [0.15, 0.2) is 15.5 Å². The van der Waals surface area contributed by atoms with Crippen LogP contribution in [0.4, 0.5) is 4.39 Å². The van der Waals surface area contributed by atoms with Crippen LogP contribution in [0.1, 0.15) is 11.4 Å². The molecule has 28 heavy (non-hydrogen) atoms. The van der Waals surface area contributed by atoms with Crippen LogP contribution >= 0.6 is 0 Å². The van der Waals surface area contributed by atoms with Gasteiger partial charge in [0.25, 0.3) is 0 Å². The first kappa shape index (κ1) is 17.1. The smallest absolute Gasteiger partial charge is 0.181 e. The van der Waals surface area contributed by atoms with Gasteiger partial charge in [0.1, 0.15) is 5.82 Å². The first-order valence-electron chi connectivity index (χ1n) is 8.92. The number of fused-ring (bicyclic) bond motifs is 2. The molecule has 3 heterocycles. The Balaban J connectivity index is 1.97. The first-order chi connectivity index (χ1) is 13.5. The van der Waals surface area contributed by atoms with E-state index in [1.54, 1.807) is 29.8 Å². The van der Waals surface area contributed by atoms with Crippen molar-refractivity contribution in [2.75, 3.05) is 5.75 Å². The Labute approximate surface area is 161 Å². The molecule has 0 saturated carbocycles. The van der Waals surface area contributed by atoms with Gasteiger partial charge in [-0.2, -0.15) is 5.10 Å². The van der Waals surface area contributed by atoms with Gasteiger partial charge in [0, 0.05) is 17.5 Å². The monoisotopic (exact) mass is 393 g/mol. The van der Waals surface area contributed by atoms with Gasteiger partial charge in [0.05, 0.1) is 33.1 Å². The molecule has 0 unspecified atom stereocenters. The number of pyridine rings is 1. The number of hydrogen-bond donors (Lipinski definition) is 0. The van der Waals surface area contributed by atoms with E-state index in [1.165, 1.54) is 6.07 Å². The first-order valence-corrected chi connectivity index (χ1v) is 10.6. The lowest BCUT2D eigenvalue weighted by molar-refractivity contribution is 0.600. The Bertz CT molecular complexity index is 1350. The second kappa shape index (κ2) is 5.97. The molecule has 0 amide bonds. The molecule has 140 valence electrons. The number of aryl methyl sites for hydroxylation is 2. The van der Waals surface area contributed by atoms with E-state index in [-0.39, 0.29) is 16.2 Å². The number of hydrogen-bond acceptors (Lipinski definition) is 4. The van der Waals surface area contributed by atoms with E-state index in [9.17, 15) is 12.8 Å². The summed E-state index contributed by atoms with van der Waals surface area (Å²) in [6.45, 7) is 1.79. The van der Waals surface area contributed by atoms with Crippen molar-refractivity contribution in [2.45, 2.75) is 18.2 Å². The van der Waals surface area contributed by atoms with Crippen LogP contribution in [0.3, 0.4) is 0 Å². The summed E-state index contributed by atoms with van der Waals surface area (Å²) < 4.78 is 42.0. The van der Waals surface area contributed by atoms with Crippen molar-refractivity contribution in [1.82, 2.24) is 14.8 Å². The minimum absolute atomic E-state index is 0.0127. The summed E-state index contributed by atoms with van der Waals surface area (Å²) in [5, 5.41) is 5.17. The molecule has 1 aliphatic rings. The topological polar surface area (TPSA) is 64.8 Å². The summed E-state index contributed by atoms with van der Waals surface area (Å²) in [5.74, 6) is -0.479. The summed E-state index contributed by atoms with van der Waals surface area (Å²) >= 11 is 0. The molecule has 7 heteroatoms. The van der Waals surface area contributed by atoms with Gasteiger partial charge in [-0.3, -0.25) is 0 Å². The van der Waals surface area contributed by atoms with Crippen LogP contribution in [0.5, 0.6) is 0 Å². The van der Waals surface area contributed by atoms with E-state index in [0.29, 0.717) is 34.4 Å². The quantitative estimate of drug-likeness (QED) is 0.519. The maximum Gasteiger partial charge on any atom is 0.181 e. The van der Waals surface area contributed by atoms with Gasteiger partial charge in [-0.05, 0) is 25.1 Å². The highest BCUT2D eigenvalue weighted by atomic mass is 32.2. The van der Waals surface area contributed by atoms with Gasteiger partial charge < -0.3 is 0 Å². The Kier molecular flexibility index (Phi) is 3.64. The minimum atomic E-state index is -3.53. The van der Waals surface area contributed by atoms with E-state index in [1.807, 2.05) is 30.3 Å². The second-order valence-corrected chi connectivity index (χ2v) is 8.89. The summed E-state index contributed by atoms with van der Waals surface area (Å²) in [5.41, 5.74) is 3.06. The third kappa shape index (κ3) is 2.39. The van der Waals surface area contributed by atoms with Crippen molar-refractivity contribution in [3.05, 3.63) is 71.8 Å². The Morgan fingerprint density at radius 1 is 1.04 bits per heavy atom. The molecule has 0 radical (unpaired) electrons. The van der Waals surface area contributed by atoms with Crippen LogP contribution in [-0.4, -0.2) is 28.9 Å². The third-order valence-electron chi connectivity index (χ3n) is 5.08. The van der Waals surface area contributed by atoms with Gasteiger partial charge in [-0.25, -0.2) is 22.5 Å². The highest BCUT2D eigenvalue weighted by molar-refractivity contribution is 7.91. The van der Waals surface area contributed by atoms with Crippen LogP contribution in [0.15, 0.2) is 59.5 Å². The molecule has 1 aliphatic heterocycles. The third-order valence-corrected chi connectivity index (χ3v) is 6.88. The molecule has 0 bridgehead atoms. The fourth-order valence-electron chi connectivity index (χ4n) is 3.86. The zero-order chi connectivity index (χ0) is 19.5. The maximum atomic E-state index is 14.7. The largest absolute Gasteiger partial charge is 0.232 e. The van der Waals surface area contributed by atoms with Gasteiger partial charge >= 0.3 is 0 Å². The fraction of sp³-hybridized carbons (Fsp3) is 0.143. The van der Waals surface area contributed by atoms with E-state index in [4.69, 9.17) is 0 Å². The molecule has 0 saturated heterocycles. The van der Waals surface area contributed by atoms with Crippen LogP contribution in [0, 0.1) is 12.7 Å². The Hall–Kier alpha value is -3.06. The lowest BCUT2D eigenvalue weighted by Crippen LogP contribution is -2.04. The average molecular weight is 393 g/mol. The number of para-hydroxylation sites is 1. The molecule has 0 fully saturated rings. The van der Waals surface area contributed by atoms with E-state index < -0.39 is 15.7 Å². The van der Waals surface area contributed by atoms with Crippen LogP contribution in [0.25, 0.3) is 27.8 Å². The Morgan fingerprint density at radius 3 is 2.50 bits per heavy atom. The van der Waals surface area contributed by atoms with Crippen molar-refractivity contribution < 1.29 is 12.8 Å². The summed E-state index contributed by atoms with van der Waals surface area (Å²) in [6, 6.07) is 15.7. The van der Waals surface area contributed by atoms with Gasteiger partial charge in [-0.15, -0.1) is 0 Å². The zero-order valence-electron chi connectivity index (χ0n) is 15.1. The molecule has 4 aromatic rings. The predicted molar refractivity (Wildman–Crippen MR) is 105 cm³/mol. The van der Waals surface area contributed by atoms with Crippen LogP contribution < -0.4 is 0 Å². The standard InChI is InChI=1S/C21H16FN3O2S/c1-13-18-19(15-9-5-6-10-16(15)22)20-17(11-12-28(20,26)27)23-21(18)25(24-13)14-7-3-2-4-8-14/h2-10H,11-12H2,1H3. The lowest BCUT2D eigenvalue weighted by atomic mass is 10.00. The van der Waals surface area contributed by atoms with Crippen molar-refractivity contribution in [3.63, 3.8) is 0 Å². The normalized spacial score (nSPS) is 15.1. The number of benzene rings is 2. The summed E-state index contributed by atoms with van der Waals surface area (Å²) in [7, 11) is -3.53. The maximum absolute atomic E-state index is 14.7. The molecule has 2 aromatic heterocycles. The van der Waals surface area contributed by atoms with E-state index in [0.717, 1.165) is 5.69 Å². The molecule has 0 atom stereocenters. The van der Waals surface area contributed by atoms with Crippen molar-refractivity contribution in [1.29, 1.82) is 0 Å². The molecule has 5 rings (SSSR count). The van der Waals surface area contributed by atoms with Gasteiger partial charge in [0.2, 0.25) is 0 Å². The molecular formula is C21H16FN3O2S. The highest BCUT2D eigenvalue weighted by Crippen LogP contribution is 2.42. The number of halogens is 1. The molecule has 0 aliphatic carbocycles. The predicted octanol–water partition coefficient (Wildman–Crippen LogP) is 3.86. The van der Waals surface area contributed by atoms with Crippen molar-refractivity contribution in [3.8, 4) is 16.8 Å². The number of sulfone groups is 1. The minimum Gasteiger partial charge on any atom is -0.232 e. The number of nitrogens with zero attached hydrogens (tertiary/aromatic N) is 3. The summed E-state index contributed by atoms with van der Waals surface area (Å²) in [4.78, 5) is 4.80. The molecule has 5 nitrogen and oxygen atoms in total. The molecule has 0 spiro atoms. The Morgan fingerprint density at radius 2 is 1.75 bits per heavy atom. The van der Waals surface area contributed by atoms with Crippen LogP contribution in [0.2, 0.25) is 0 Å². The zero-order valence-corrected chi connectivity index (χ0v) is 15.9. The van der Waals surface area contributed by atoms with E-state index >= 15 is 0 Å². The fourth-order valence-corrected chi connectivity index (χ4v) is 5.55. The second-order valence-electron chi connectivity index (χ2n) is 6.84. The number of rotatable bonds is 2.